The van der Waals surface area contributed by atoms with Crippen molar-refractivity contribution in [2.24, 2.45) is 0 Å². The van der Waals surface area contributed by atoms with Gasteiger partial charge < -0.3 is 25.2 Å². The maximum Gasteiger partial charge on any atom is 0.276 e. The number of methoxy groups -OCH3 is 1. The summed E-state index contributed by atoms with van der Waals surface area (Å²) in [6.45, 7) is 0. The van der Waals surface area contributed by atoms with E-state index in [1.165, 1.54) is 24.8 Å². The average Bonchev–Trinajstić information content (AvgIpc) is 3.33. The number of fused-ring (bicyclic) bond motifs is 4. The van der Waals surface area contributed by atoms with Crippen LogP contribution in [0.25, 0.3) is 0 Å². The van der Waals surface area contributed by atoms with Gasteiger partial charge in [0.15, 0.2) is 6.29 Å². The predicted octanol–water partition coefficient (Wildman–Crippen LogP) is 0.897. The number of hydrogen-bond acceptors (Lipinski definition) is 6. The molecule has 2 unspecified atom stereocenters. The first-order chi connectivity index (χ1) is 12.7. The van der Waals surface area contributed by atoms with Gasteiger partial charge in [0.05, 0.1) is 12.9 Å². The molecule has 0 spiro atoms. The van der Waals surface area contributed by atoms with E-state index in [0.717, 1.165) is 36.5 Å². The van der Waals surface area contributed by atoms with Crippen LogP contribution in [-0.2, 0) is 9.53 Å². The summed E-state index contributed by atoms with van der Waals surface area (Å²) in [4.78, 5) is 17.1. The summed E-state index contributed by atoms with van der Waals surface area (Å²) in [6.07, 6.45) is 10.8. The molecule has 3 N–H and O–H groups in total. The van der Waals surface area contributed by atoms with E-state index in [1.807, 2.05) is 11.9 Å². The Morgan fingerprint density at radius 3 is 3.04 bits per heavy atom. The molecule has 0 aromatic rings. The number of rotatable bonds is 3. The Hall–Kier alpha value is -2.15. The van der Waals surface area contributed by atoms with Crippen molar-refractivity contribution >= 4 is 5.91 Å². The standard InChI is InChI=1S/C19H27N5O2/c1-23-18(25)16-17(24-14-8-4-7-13(14)20-19(23)24)22-15(21-16)10-11-5-3-6-12(9-11)26-2/h5,9,13-15,19-22H,3-4,6-8,10H2,1-2H3/t13-,14+,15?,19?/m1/s1. The third-order valence-electron chi connectivity index (χ3n) is 6.33. The van der Waals surface area contributed by atoms with Crippen LogP contribution in [0.2, 0.25) is 0 Å². The molecule has 0 radical (unpaired) electrons. The first-order valence-corrected chi connectivity index (χ1v) is 9.68. The number of allylic oxidation sites excluding steroid dienone is 3. The Kier molecular flexibility index (Phi) is 3.67. The highest BCUT2D eigenvalue weighted by atomic mass is 16.5. The summed E-state index contributed by atoms with van der Waals surface area (Å²) in [5.74, 6) is 2.08. The van der Waals surface area contributed by atoms with Gasteiger partial charge in [0.2, 0.25) is 0 Å². The average molecular weight is 357 g/mol. The van der Waals surface area contributed by atoms with Crippen molar-refractivity contribution < 1.29 is 9.53 Å². The lowest BCUT2D eigenvalue weighted by Gasteiger charge is -2.40. The second kappa shape index (κ2) is 5.94. The van der Waals surface area contributed by atoms with Gasteiger partial charge in [-0.2, -0.15) is 0 Å². The molecule has 2 aliphatic carbocycles. The van der Waals surface area contributed by atoms with Crippen LogP contribution < -0.4 is 16.0 Å². The molecular weight excluding hydrogens is 330 g/mol. The second-order valence-corrected chi connectivity index (χ2v) is 7.87. The van der Waals surface area contributed by atoms with Gasteiger partial charge in [-0.25, -0.2) is 0 Å². The third kappa shape index (κ3) is 2.33. The molecule has 140 valence electrons. The van der Waals surface area contributed by atoms with Gasteiger partial charge in [-0.1, -0.05) is 6.08 Å². The van der Waals surface area contributed by atoms with Crippen LogP contribution in [0.15, 0.2) is 35.0 Å². The van der Waals surface area contributed by atoms with E-state index in [9.17, 15) is 4.79 Å². The fraction of sp³-hybridized carbons (Fsp3) is 0.632. The van der Waals surface area contributed by atoms with Gasteiger partial charge in [0, 0.05) is 32.0 Å². The van der Waals surface area contributed by atoms with Crippen LogP contribution in [0.1, 0.15) is 38.5 Å². The largest absolute Gasteiger partial charge is 0.501 e. The number of nitrogens with one attached hydrogen (secondary N) is 3. The van der Waals surface area contributed by atoms with Crippen molar-refractivity contribution in [1.82, 2.24) is 25.8 Å². The number of hydrogen-bond donors (Lipinski definition) is 3. The van der Waals surface area contributed by atoms with Crippen LogP contribution in [0.4, 0.5) is 0 Å². The van der Waals surface area contributed by atoms with Gasteiger partial charge in [0.1, 0.15) is 17.7 Å². The number of ether oxygens (including phenoxy) is 1. The minimum Gasteiger partial charge on any atom is -0.501 e. The molecule has 7 nitrogen and oxygen atoms in total. The zero-order valence-corrected chi connectivity index (χ0v) is 15.4. The minimum absolute atomic E-state index is 0.0292. The summed E-state index contributed by atoms with van der Waals surface area (Å²) < 4.78 is 5.41. The fourth-order valence-corrected chi connectivity index (χ4v) is 5.06. The van der Waals surface area contributed by atoms with Gasteiger partial charge in [-0.3, -0.25) is 10.1 Å². The van der Waals surface area contributed by atoms with Crippen LogP contribution >= 0.6 is 0 Å². The van der Waals surface area contributed by atoms with Crippen molar-refractivity contribution in [2.45, 2.75) is 63.1 Å². The molecule has 1 saturated heterocycles. The van der Waals surface area contributed by atoms with E-state index in [2.05, 4.69) is 33.0 Å². The maximum absolute atomic E-state index is 12.9. The van der Waals surface area contributed by atoms with Gasteiger partial charge >= 0.3 is 0 Å². The smallest absolute Gasteiger partial charge is 0.276 e. The van der Waals surface area contributed by atoms with Crippen LogP contribution in [0, 0.1) is 0 Å². The van der Waals surface area contributed by atoms with Gasteiger partial charge in [-0.05, 0) is 37.3 Å². The summed E-state index contributed by atoms with van der Waals surface area (Å²) in [6, 6.07) is 0.957. The third-order valence-corrected chi connectivity index (χ3v) is 6.33. The second-order valence-electron chi connectivity index (χ2n) is 7.87. The SMILES string of the molecule is COC1=CC(CC2NC3=C(N2)N2C(N[C@@H]4CCC[C@@H]42)N(C)C3=O)=CCC1. The van der Waals surface area contributed by atoms with E-state index in [0.29, 0.717) is 12.1 Å². The monoisotopic (exact) mass is 357 g/mol. The molecule has 0 aromatic heterocycles. The van der Waals surface area contributed by atoms with Gasteiger partial charge in [-0.15, -0.1) is 0 Å². The molecule has 1 amide bonds. The van der Waals surface area contributed by atoms with E-state index >= 15 is 0 Å². The molecule has 7 heteroatoms. The van der Waals surface area contributed by atoms with Gasteiger partial charge in [0.25, 0.3) is 5.91 Å². The van der Waals surface area contributed by atoms with E-state index < -0.39 is 0 Å². The summed E-state index contributed by atoms with van der Waals surface area (Å²) in [5, 5.41) is 10.7. The molecule has 0 bridgehead atoms. The van der Waals surface area contributed by atoms with Crippen LogP contribution in [0.3, 0.4) is 0 Å². The molecule has 1 saturated carbocycles. The number of likely N-dealkylation sites (N-methyl/N-ethyl adjacent to an activating group) is 1. The maximum atomic E-state index is 12.9. The summed E-state index contributed by atoms with van der Waals surface area (Å²) in [5.41, 5.74) is 1.98. The quantitative estimate of drug-likeness (QED) is 0.697. The summed E-state index contributed by atoms with van der Waals surface area (Å²) >= 11 is 0. The first-order valence-electron chi connectivity index (χ1n) is 9.68. The fourth-order valence-electron chi connectivity index (χ4n) is 5.06. The van der Waals surface area contributed by atoms with Crippen molar-refractivity contribution in [3.8, 4) is 0 Å². The molecule has 5 rings (SSSR count). The Balaban J connectivity index is 1.37. The predicted molar refractivity (Wildman–Crippen MR) is 97.1 cm³/mol. The van der Waals surface area contributed by atoms with E-state index in [4.69, 9.17) is 4.74 Å². The topological polar surface area (TPSA) is 68.9 Å². The summed E-state index contributed by atoms with van der Waals surface area (Å²) in [7, 11) is 3.62. The Morgan fingerprint density at radius 1 is 1.31 bits per heavy atom. The molecule has 3 heterocycles. The lowest BCUT2D eigenvalue weighted by molar-refractivity contribution is -0.133. The molecule has 4 atom stereocenters. The number of nitrogens with zero attached hydrogens (tertiary/aromatic N) is 2. The van der Waals surface area contributed by atoms with Crippen LogP contribution in [-0.4, -0.2) is 54.4 Å². The van der Waals surface area contributed by atoms with Crippen LogP contribution in [0.5, 0.6) is 0 Å². The molecule has 5 aliphatic rings. The molecule has 26 heavy (non-hydrogen) atoms. The molecular formula is C19H27N5O2. The number of amides is 1. The number of carbonyl (C=O) groups excluding carboxylic acids is 1. The Morgan fingerprint density at radius 2 is 2.19 bits per heavy atom. The lowest BCUT2D eigenvalue weighted by atomic mass is 10.0. The highest BCUT2D eigenvalue weighted by molar-refractivity contribution is 5.95. The normalized spacial score (nSPS) is 35.4. The van der Waals surface area contributed by atoms with Crippen molar-refractivity contribution in [3.63, 3.8) is 0 Å². The van der Waals surface area contributed by atoms with Crippen molar-refractivity contribution in [2.75, 3.05) is 14.2 Å². The lowest BCUT2D eigenvalue weighted by Crippen LogP contribution is -2.57. The van der Waals surface area contributed by atoms with Crippen molar-refractivity contribution in [3.05, 3.63) is 35.0 Å². The van der Waals surface area contributed by atoms with E-state index in [-0.39, 0.29) is 18.4 Å². The zero-order chi connectivity index (χ0) is 17.8. The molecule has 3 aliphatic heterocycles. The highest BCUT2D eigenvalue weighted by Crippen LogP contribution is 2.38. The minimum atomic E-state index is -0.0292. The number of carbonyl (C=O) groups is 1. The first kappa shape index (κ1) is 16.1. The molecule has 0 aromatic carbocycles. The van der Waals surface area contributed by atoms with E-state index in [1.54, 1.807) is 7.11 Å². The Labute approximate surface area is 154 Å². The highest BCUT2D eigenvalue weighted by Gasteiger charge is 2.52. The Bertz CT molecular complexity index is 727. The molecule has 2 fully saturated rings. The van der Waals surface area contributed by atoms with Crippen molar-refractivity contribution in [1.29, 1.82) is 0 Å². The zero-order valence-electron chi connectivity index (χ0n) is 15.4.